The van der Waals surface area contributed by atoms with Crippen molar-refractivity contribution in [2.24, 2.45) is 0 Å². The van der Waals surface area contributed by atoms with Gasteiger partial charge in [-0.15, -0.1) is 0 Å². The van der Waals surface area contributed by atoms with Gasteiger partial charge in [0.05, 0.1) is 10.6 Å². The minimum absolute atomic E-state index is 0.0206. The Balaban J connectivity index is 2.15. The van der Waals surface area contributed by atoms with Gasteiger partial charge in [-0.2, -0.15) is 5.10 Å². The van der Waals surface area contributed by atoms with E-state index in [0.29, 0.717) is 11.5 Å². The van der Waals surface area contributed by atoms with Crippen LogP contribution in [0.15, 0.2) is 60.7 Å². The third kappa shape index (κ3) is 2.54. The standard InChI is InChI=1S/C16H14N4O2/c1-12-15(20(21)22)16(17-13-8-4-2-5-9-13)19(18-12)14-10-6-3-7-11-14/h2-11,17H,1H3. The number of hydrogen-bond donors (Lipinski definition) is 1. The normalized spacial score (nSPS) is 10.4. The SMILES string of the molecule is Cc1nn(-c2ccccc2)c(Nc2ccccc2)c1[N+](=O)[O-]. The van der Waals surface area contributed by atoms with Gasteiger partial charge in [-0.1, -0.05) is 36.4 Å². The Hall–Kier alpha value is -3.15. The molecule has 3 aromatic rings. The summed E-state index contributed by atoms with van der Waals surface area (Å²) in [5.41, 5.74) is 1.87. The third-order valence-corrected chi connectivity index (χ3v) is 3.25. The van der Waals surface area contributed by atoms with E-state index in [9.17, 15) is 10.1 Å². The monoisotopic (exact) mass is 294 g/mol. The van der Waals surface area contributed by atoms with E-state index in [-0.39, 0.29) is 5.69 Å². The molecule has 0 radical (unpaired) electrons. The fourth-order valence-corrected chi connectivity index (χ4v) is 2.26. The van der Waals surface area contributed by atoms with E-state index in [4.69, 9.17) is 0 Å². The molecule has 0 aliphatic rings. The Bertz CT molecular complexity index is 798. The molecule has 0 unspecified atom stereocenters. The molecule has 0 saturated carbocycles. The predicted molar refractivity (Wildman–Crippen MR) is 84.7 cm³/mol. The maximum atomic E-state index is 11.4. The molecule has 6 nitrogen and oxygen atoms in total. The Morgan fingerprint density at radius 3 is 2.23 bits per heavy atom. The highest BCUT2D eigenvalue weighted by molar-refractivity contribution is 5.69. The van der Waals surface area contributed by atoms with Crippen LogP contribution in [-0.4, -0.2) is 14.7 Å². The summed E-state index contributed by atoms with van der Waals surface area (Å²) < 4.78 is 1.56. The van der Waals surface area contributed by atoms with Crippen molar-refractivity contribution in [3.05, 3.63) is 76.5 Å². The first-order valence-electron chi connectivity index (χ1n) is 6.78. The van der Waals surface area contributed by atoms with Crippen molar-refractivity contribution in [2.45, 2.75) is 6.92 Å². The van der Waals surface area contributed by atoms with E-state index in [1.807, 2.05) is 60.7 Å². The first-order chi connectivity index (χ1) is 10.7. The second-order valence-corrected chi connectivity index (χ2v) is 4.78. The maximum Gasteiger partial charge on any atom is 0.334 e. The highest BCUT2D eigenvalue weighted by Gasteiger charge is 2.26. The molecule has 0 bridgehead atoms. The molecule has 1 heterocycles. The predicted octanol–water partition coefficient (Wildman–Crippen LogP) is 3.83. The van der Waals surface area contributed by atoms with E-state index in [0.717, 1.165) is 11.4 Å². The second-order valence-electron chi connectivity index (χ2n) is 4.78. The fourth-order valence-electron chi connectivity index (χ4n) is 2.26. The lowest BCUT2D eigenvalue weighted by Gasteiger charge is -2.09. The molecule has 0 aliphatic carbocycles. The molecule has 0 aliphatic heterocycles. The highest BCUT2D eigenvalue weighted by atomic mass is 16.6. The molecule has 0 atom stereocenters. The quantitative estimate of drug-likeness (QED) is 0.586. The summed E-state index contributed by atoms with van der Waals surface area (Å²) in [6.07, 6.45) is 0. The molecule has 0 amide bonds. The van der Waals surface area contributed by atoms with Crippen molar-refractivity contribution in [1.82, 2.24) is 9.78 Å². The van der Waals surface area contributed by atoms with Crippen LogP contribution >= 0.6 is 0 Å². The van der Waals surface area contributed by atoms with Crippen LogP contribution in [0.3, 0.4) is 0 Å². The number of para-hydroxylation sites is 2. The molecule has 3 rings (SSSR count). The molecule has 6 heteroatoms. The lowest BCUT2D eigenvalue weighted by molar-refractivity contribution is -0.384. The largest absolute Gasteiger partial charge is 0.334 e. The molecular formula is C16H14N4O2. The summed E-state index contributed by atoms with van der Waals surface area (Å²) in [6, 6.07) is 18.6. The first-order valence-corrected chi connectivity index (χ1v) is 6.78. The molecular weight excluding hydrogens is 280 g/mol. The molecule has 1 aromatic heterocycles. The number of rotatable bonds is 4. The van der Waals surface area contributed by atoms with Crippen LogP contribution in [0.2, 0.25) is 0 Å². The number of benzene rings is 2. The third-order valence-electron chi connectivity index (χ3n) is 3.25. The van der Waals surface area contributed by atoms with Gasteiger partial charge in [0.25, 0.3) is 0 Å². The zero-order chi connectivity index (χ0) is 15.5. The Labute approximate surface area is 127 Å². The van der Waals surface area contributed by atoms with Crippen LogP contribution in [0.4, 0.5) is 17.2 Å². The number of nitrogens with zero attached hydrogens (tertiary/aromatic N) is 3. The van der Waals surface area contributed by atoms with Gasteiger partial charge in [-0.25, -0.2) is 4.68 Å². The van der Waals surface area contributed by atoms with Crippen LogP contribution in [0.25, 0.3) is 5.69 Å². The van der Waals surface area contributed by atoms with Gasteiger partial charge in [0, 0.05) is 5.69 Å². The smallest absolute Gasteiger partial charge is 0.334 e. The zero-order valence-corrected chi connectivity index (χ0v) is 11.9. The summed E-state index contributed by atoms with van der Waals surface area (Å²) in [7, 11) is 0. The summed E-state index contributed by atoms with van der Waals surface area (Å²) in [5, 5.41) is 18.8. The van der Waals surface area contributed by atoms with Gasteiger partial charge in [-0.05, 0) is 31.2 Å². The van der Waals surface area contributed by atoms with Crippen molar-refractivity contribution < 1.29 is 4.92 Å². The maximum absolute atomic E-state index is 11.4. The van der Waals surface area contributed by atoms with Crippen LogP contribution in [0, 0.1) is 17.0 Å². The van der Waals surface area contributed by atoms with Crippen molar-refractivity contribution in [2.75, 3.05) is 5.32 Å². The fraction of sp³-hybridized carbons (Fsp3) is 0.0625. The lowest BCUT2D eigenvalue weighted by Crippen LogP contribution is -2.03. The van der Waals surface area contributed by atoms with Gasteiger partial charge in [0.15, 0.2) is 0 Å². The Morgan fingerprint density at radius 1 is 1.05 bits per heavy atom. The number of nitro groups is 1. The second kappa shape index (κ2) is 5.69. The number of aromatic nitrogens is 2. The van der Waals surface area contributed by atoms with E-state index in [1.54, 1.807) is 11.6 Å². The summed E-state index contributed by atoms with van der Waals surface area (Å²) in [5.74, 6) is 0.347. The first kappa shape index (κ1) is 13.8. The number of anilines is 2. The average molecular weight is 294 g/mol. The highest BCUT2D eigenvalue weighted by Crippen LogP contribution is 2.32. The van der Waals surface area contributed by atoms with Crippen LogP contribution < -0.4 is 5.32 Å². The molecule has 0 spiro atoms. The number of hydrogen-bond acceptors (Lipinski definition) is 4. The van der Waals surface area contributed by atoms with Gasteiger partial charge >= 0.3 is 5.69 Å². The topological polar surface area (TPSA) is 73.0 Å². The molecule has 0 fully saturated rings. The lowest BCUT2D eigenvalue weighted by atomic mass is 10.3. The van der Waals surface area contributed by atoms with Gasteiger partial charge in [0.2, 0.25) is 5.82 Å². The Kier molecular flexibility index (Phi) is 3.57. The van der Waals surface area contributed by atoms with E-state index < -0.39 is 4.92 Å². The summed E-state index contributed by atoms with van der Waals surface area (Å²) in [4.78, 5) is 11.0. The zero-order valence-electron chi connectivity index (χ0n) is 11.9. The van der Waals surface area contributed by atoms with Crippen molar-refractivity contribution >= 4 is 17.2 Å². The van der Waals surface area contributed by atoms with Crippen molar-refractivity contribution in [1.29, 1.82) is 0 Å². The van der Waals surface area contributed by atoms with Gasteiger partial charge in [-0.3, -0.25) is 10.1 Å². The summed E-state index contributed by atoms with van der Waals surface area (Å²) >= 11 is 0. The molecule has 0 saturated heterocycles. The minimum atomic E-state index is -0.410. The van der Waals surface area contributed by atoms with E-state index >= 15 is 0 Å². The Morgan fingerprint density at radius 2 is 1.64 bits per heavy atom. The van der Waals surface area contributed by atoms with E-state index in [2.05, 4.69) is 10.4 Å². The van der Waals surface area contributed by atoms with E-state index in [1.165, 1.54) is 0 Å². The average Bonchev–Trinajstić information content (AvgIpc) is 2.86. The van der Waals surface area contributed by atoms with Crippen LogP contribution in [-0.2, 0) is 0 Å². The van der Waals surface area contributed by atoms with Crippen LogP contribution in [0.1, 0.15) is 5.69 Å². The van der Waals surface area contributed by atoms with Gasteiger partial charge < -0.3 is 5.32 Å². The number of nitrogens with one attached hydrogen (secondary N) is 1. The number of aryl methyl sites for hydroxylation is 1. The molecule has 2 aromatic carbocycles. The van der Waals surface area contributed by atoms with Crippen molar-refractivity contribution in [3.63, 3.8) is 0 Å². The minimum Gasteiger partial charge on any atom is -0.334 e. The molecule has 110 valence electrons. The molecule has 1 N–H and O–H groups in total. The molecule has 22 heavy (non-hydrogen) atoms. The van der Waals surface area contributed by atoms with Crippen molar-refractivity contribution in [3.8, 4) is 5.69 Å². The van der Waals surface area contributed by atoms with Crippen LogP contribution in [0.5, 0.6) is 0 Å². The summed E-state index contributed by atoms with van der Waals surface area (Å²) in [6.45, 7) is 1.63. The van der Waals surface area contributed by atoms with Gasteiger partial charge in [0.1, 0.15) is 5.69 Å².